The Morgan fingerprint density at radius 1 is 1.07 bits per heavy atom. The van der Waals surface area contributed by atoms with Crippen LogP contribution in [0.1, 0.15) is 18.7 Å². The summed E-state index contributed by atoms with van der Waals surface area (Å²) in [5.74, 6) is 2.25. The summed E-state index contributed by atoms with van der Waals surface area (Å²) in [6, 6.07) is 8.74. The number of aromatic nitrogens is 4. The van der Waals surface area contributed by atoms with Crippen molar-refractivity contribution in [2.75, 3.05) is 26.6 Å². The van der Waals surface area contributed by atoms with Gasteiger partial charge in [0.1, 0.15) is 11.5 Å². The third-order valence-corrected chi connectivity index (χ3v) is 4.00. The minimum Gasteiger partial charge on any atom is -0.497 e. The monoisotopic (exact) mass is 371 g/mol. The number of nitrogens with one attached hydrogen (secondary N) is 1. The number of anilines is 1. The second-order valence-electron chi connectivity index (χ2n) is 5.73. The molecule has 0 unspecified atom stereocenters. The van der Waals surface area contributed by atoms with Gasteiger partial charge >= 0.3 is 0 Å². The summed E-state index contributed by atoms with van der Waals surface area (Å²) in [5, 5.41) is 15.3. The predicted octanol–water partition coefficient (Wildman–Crippen LogP) is 2.11. The van der Waals surface area contributed by atoms with Crippen molar-refractivity contribution in [1.29, 1.82) is 0 Å². The summed E-state index contributed by atoms with van der Waals surface area (Å²) in [5.41, 5.74) is 1.24. The second kappa shape index (κ2) is 8.35. The molecule has 9 heteroatoms. The largest absolute Gasteiger partial charge is 0.497 e. The molecule has 0 aliphatic rings. The fourth-order valence-electron chi connectivity index (χ4n) is 2.60. The molecule has 0 aliphatic carbocycles. The van der Waals surface area contributed by atoms with Crippen LogP contribution in [0, 0.1) is 0 Å². The highest BCUT2D eigenvalue weighted by Crippen LogP contribution is 2.29. The SMILES string of the molecule is COc1ccc(NC(=O)CCCc2nnc3ccc(OC)nn23)c(OC)c1. The van der Waals surface area contributed by atoms with Gasteiger partial charge in [0.05, 0.1) is 27.0 Å². The number of carbonyl (C=O) groups excluding carboxylic acids is 1. The van der Waals surface area contributed by atoms with Crippen molar-refractivity contribution in [3.63, 3.8) is 0 Å². The van der Waals surface area contributed by atoms with Crippen molar-refractivity contribution in [3.05, 3.63) is 36.2 Å². The number of aryl methyl sites for hydroxylation is 1. The summed E-state index contributed by atoms with van der Waals surface area (Å²) >= 11 is 0. The minimum absolute atomic E-state index is 0.113. The number of rotatable bonds is 8. The summed E-state index contributed by atoms with van der Waals surface area (Å²) < 4.78 is 17.2. The number of hydrogen-bond donors (Lipinski definition) is 1. The van der Waals surface area contributed by atoms with Crippen molar-refractivity contribution in [1.82, 2.24) is 19.8 Å². The zero-order valence-electron chi connectivity index (χ0n) is 15.4. The van der Waals surface area contributed by atoms with E-state index in [4.69, 9.17) is 14.2 Å². The van der Waals surface area contributed by atoms with Gasteiger partial charge in [0, 0.05) is 25.0 Å². The molecule has 3 aromatic rings. The molecule has 1 amide bonds. The van der Waals surface area contributed by atoms with Crippen LogP contribution in [0.15, 0.2) is 30.3 Å². The molecule has 0 saturated heterocycles. The van der Waals surface area contributed by atoms with E-state index in [2.05, 4.69) is 20.6 Å². The van der Waals surface area contributed by atoms with Crippen molar-refractivity contribution in [3.8, 4) is 17.4 Å². The van der Waals surface area contributed by atoms with E-state index in [0.29, 0.717) is 53.8 Å². The fourth-order valence-corrected chi connectivity index (χ4v) is 2.60. The number of fused-ring (bicyclic) bond motifs is 1. The van der Waals surface area contributed by atoms with Gasteiger partial charge in [0.2, 0.25) is 11.8 Å². The molecular weight excluding hydrogens is 350 g/mol. The third-order valence-electron chi connectivity index (χ3n) is 4.00. The Morgan fingerprint density at radius 2 is 1.93 bits per heavy atom. The molecule has 27 heavy (non-hydrogen) atoms. The summed E-state index contributed by atoms with van der Waals surface area (Å²) in [7, 11) is 4.67. The number of nitrogens with zero attached hydrogens (tertiary/aromatic N) is 4. The van der Waals surface area contributed by atoms with Crippen LogP contribution < -0.4 is 19.5 Å². The molecule has 3 rings (SSSR count). The number of methoxy groups -OCH3 is 3. The van der Waals surface area contributed by atoms with E-state index in [1.807, 2.05) is 0 Å². The van der Waals surface area contributed by atoms with E-state index in [0.717, 1.165) is 0 Å². The first-order valence-corrected chi connectivity index (χ1v) is 8.42. The summed E-state index contributed by atoms with van der Waals surface area (Å²) in [4.78, 5) is 12.3. The maximum atomic E-state index is 12.3. The maximum absolute atomic E-state index is 12.3. The summed E-state index contributed by atoms with van der Waals surface area (Å²) in [6.07, 6.45) is 1.49. The Kier molecular flexibility index (Phi) is 5.70. The standard InChI is InChI=1S/C18H21N5O4/c1-25-12-7-8-13(14(11-12)26-2)19-17(24)6-4-5-15-20-21-16-9-10-18(27-3)22-23(15)16/h7-11H,4-6H2,1-3H3,(H,19,24). The predicted molar refractivity (Wildman–Crippen MR) is 98.4 cm³/mol. The van der Waals surface area contributed by atoms with Gasteiger partial charge in [-0.05, 0) is 24.6 Å². The summed E-state index contributed by atoms with van der Waals surface area (Å²) in [6.45, 7) is 0. The second-order valence-corrected chi connectivity index (χ2v) is 5.73. The van der Waals surface area contributed by atoms with E-state index < -0.39 is 0 Å². The molecule has 1 aromatic carbocycles. The van der Waals surface area contributed by atoms with Gasteiger partial charge in [-0.3, -0.25) is 4.79 Å². The number of ether oxygens (including phenoxy) is 3. The highest BCUT2D eigenvalue weighted by Gasteiger charge is 2.11. The van der Waals surface area contributed by atoms with E-state index in [-0.39, 0.29) is 5.91 Å². The van der Waals surface area contributed by atoms with Gasteiger partial charge in [0.25, 0.3) is 0 Å². The average Bonchev–Trinajstić information content (AvgIpc) is 3.10. The first-order valence-electron chi connectivity index (χ1n) is 8.42. The lowest BCUT2D eigenvalue weighted by Crippen LogP contribution is -2.13. The topological polar surface area (TPSA) is 99.9 Å². The zero-order chi connectivity index (χ0) is 19.2. The Balaban J connectivity index is 1.59. The van der Waals surface area contributed by atoms with Crippen molar-refractivity contribution >= 4 is 17.2 Å². The van der Waals surface area contributed by atoms with Crippen LogP contribution in [0.3, 0.4) is 0 Å². The van der Waals surface area contributed by atoms with Crippen LogP contribution in [0.2, 0.25) is 0 Å². The van der Waals surface area contributed by atoms with Crippen LogP contribution in [0.4, 0.5) is 5.69 Å². The van der Waals surface area contributed by atoms with Crippen molar-refractivity contribution < 1.29 is 19.0 Å². The van der Waals surface area contributed by atoms with Gasteiger partial charge in [-0.1, -0.05) is 0 Å². The quantitative estimate of drug-likeness (QED) is 0.647. The molecule has 0 fully saturated rings. The lowest BCUT2D eigenvalue weighted by Gasteiger charge is -2.11. The molecular formula is C18H21N5O4. The number of hydrogen-bond acceptors (Lipinski definition) is 7. The molecule has 9 nitrogen and oxygen atoms in total. The molecule has 142 valence electrons. The van der Waals surface area contributed by atoms with E-state index >= 15 is 0 Å². The van der Waals surface area contributed by atoms with Crippen LogP contribution >= 0.6 is 0 Å². The molecule has 2 aromatic heterocycles. The average molecular weight is 371 g/mol. The van der Waals surface area contributed by atoms with Crippen LogP contribution in [0.5, 0.6) is 17.4 Å². The molecule has 0 atom stereocenters. The van der Waals surface area contributed by atoms with Gasteiger partial charge < -0.3 is 19.5 Å². The van der Waals surface area contributed by atoms with Gasteiger partial charge in [-0.2, -0.15) is 4.52 Å². The molecule has 2 heterocycles. The van der Waals surface area contributed by atoms with Crippen LogP contribution in [0.25, 0.3) is 5.65 Å². The molecule has 0 spiro atoms. The number of carbonyl (C=O) groups is 1. The lowest BCUT2D eigenvalue weighted by atomic mass is 10.2. The number of amides is 1. The lowest BCUT2D eigenvalue weighted by molar-refractivity contribution is -0.116. The molecule has 0 aliphatic heterocycles. The van der Waals surface area contributed by atoms with Gasteiger partial charge in [0.15, 0.2) is 11.5 Å². The Hall–Kier alpha value is -3.36. The van der Waals surface area contributed by atoms with E-state index in [1.165, 1.54) is 0 Å². The highest BCUT2D eigenvalue weighted by molar-refractivity contribution is 5.92. The van der Waals surface area contributed by atoms with E-state index in [1.54, 1.807) is 56.2 Å². The Labute approximate surface area is 156 Å². The highest BCUT2D eigenvalue weighted by atomic mass is 16.5. The van der Waals surface area contributed by atoms with Crippen LogP contribution in [-0.2, 0) is 11.2 Å². The van der Waals surface area contributed by atoms with Crippen molar-refractivity contribution in [2.24, 2.45) is 0 Å². The first-order chi connectivity index (χ1) is 13.1. The van der Waals surface area contributed by atoms with E-state index in [9.17, 15) is 4.79 Å². The minimum atomic E-state index is -0.113. The normalized spacial score (nSPS) is 10.6. The van der Waals surface area contributed by atoms with Crippen molar-refractivity contribution in [2.45, 2.75) is 19.3 Å². The smallest absolute Gasteiger partial charge is 0.231 e. The molecule has 1 N–H and O–H groups in total. The molecule has 0 bridgehead atoms. The van der Waals surface area contributed by atoms with Gasteiger partial charge in [-0.15, -0.1) is 15.3 Å². The molecule has 0 radical (unpaired) electrons. The van der Waals surface area contributed by atoms with Crippen LogP contribution in [-0.4, -0.2) is 47.0 Å². The first kappa shape index (κ1) is 18.4. The Morgan fingerprint density at radius 3 is 2.67 bits per heavy atom. The van der Waals surface area contributed by atoms with Gasteiger partial charge in [-0.25, -0.2) is 0 Å². The zero-order valence-corrected chi connectivity index (χ0v) is 15.4. The molecule has 0 saturated carbocycles. The fraction of sp³-hybridized carbons (Fsp3) is 0.333. The third kappa shape index (κ3) is 4.25. The number of benzene rings is 1. The maximum Gasteiger partial charge on any atom is 0.231 e. The Bertz CT molecular complexity index is 941.